The van der Waals surface area contributed by atoms with E-state index in [4.69, 9.17) is 56.8 Å². The molecular weight excluding hydrogens is 985 g/mol. The van der Waals surface area contributed by atoms with Crippen LogP contribution in [0.15, 0.2) is 182 Å². The normalized spacial score (nSPS) is 24.5. The molecule has 0 bridgehead atoms. The molecule has 0 N–H and O–H groups in total. The Balaban J connectivity index is 1.03. The maximum Gasteiger partial charge on any atom is 0.338 e. The molecule has 0 aromatic heterocycles. The van der Waals surface area contributed by atoms with E-state index in [1.54, 1.807) is 158 Å². The molecule has 6 aromatic rings. The van der Waals surface area contributed by atoms with Crippen LogP contribution in [0.5, 0.6) is 0 Å². The van der Waals surface area contributed by atoms with Crippen molar-refractivity contribution >= 4 is 35.8 Å². The fourth-order valence-corrected chi connectivity index (χ4v) is 8.59. The van der Waals surface area contributed by atoms with Gasteiger partial charge in [-0.3, -0.25) is 0 Å². The van der Waals surface area contributed by atoms with Gasteiger partial charge in [0, 0.05) is 0 Å². The predicted molar refractivity (Wildman–Crippen MR) is 265 cm³/mol. The maximum absolute atomic E-state index is 14.0. The first-order valence-corrected chi connectivity index (χ1v) is 24.5. The zero-order valence-corrected chi connectivity index (χ0v) is 40.7. The Hall–Kier alpha value is -8.10. The van der Waals surface area contributed by atoms with E-state index in [0.29, 0.717) is 0 Å². The molecule has 76 heavy (non-hydrogen) atoms. The summed E-state index contributed by atoms with van der Waals surface area (Å²) in [4.78, 5) is 82.6. The van der Waals surface area contributed by atoms with Crippen LogP contribution in [0.25, 0.3) is 0 Å². The van der Waals surface area contributed by atoms with E-state index < -0.39 is 110 Å². The van der Waals surface area contributed by atoms with Crippen molar-refractivity contribution in [3.8, 4) is 0 Å². The van der Waals surface area contributed by atoms with Gasteiger partial charge in [-0.15, -0.1) is 0 Å². The number of esters is 6. The summed E-state index contributed by atoms with van der Waals surface area (Å²) in [5, 5.41) is 0. The van der Waals surface area contributed by atoms with Crippen molar-refractivity contribution in [1.29, 1.82) is 0 Å². The van der Waals surface area contributed by atoms with Gasteiger partial charge in [-0.1, -0.05) is 109 Å². The highest BCUT2D eigenvalue weighted by atomic mass is 16.8. The third-order valence-corrected chi connectivity index (χ3v) is 12.3. The van der Waals surface area contributed by atoms with Crippen LogP contribution in [0.2, 0.25) is 0 Å². The lowest BCUT2D eigenvalue weighted by atomic mass is 9.97. The molecule has 6 aromatic carbocycles. The highest BCUT2D eigenvalue weighted by Crippen LogP contribution is 2.34. The van der Waals surface area contributed by atoms with Crippen LogP contribution in [0, 0.1) is 0 Å². The van der Waals surface area contributed by atoms with E-state index in [2.05, 4.69) is 0 Å². The third-order valence-electron chi connectivity index (χ3n) is 12.3. The fraction of sp³-hybridized carbons (Fsp3) is 0.276. The number of carbonyl (C=O) groups excluding carboxylic acids is 6. The molecule has 0 unspecified atom stereocenters. The van der Waals surface area contributed by atoms with Crippen molar-refractivity contribution in [3.63, 3.8) is 0 Å². The maximum atomic E-state index is 14.0. The topological polar surface area (TPSA) is 213 Å². The molecule has 3 heterocycles. The number of fused-ring (bicyclic) bond motifs is 2. The minimum absolute atomic E-state index is 0.159. The van der Waals surface area contributed by atoms with E-state index in [1.807, 2.05) is 0 Å². The minimum atomic E-state index is -1.49. The van der Waals surface area contributed by atoms with Gasteiger partial charge in [-0.25, -0.2) is 28.8 Å². The van der Waals surface area contributed by atoms with E-state index in [0.717, 1.165) is 0 Å². The van der Waals surface area contributed by atoms with E-state index >= 15 is 0 Å². The number of ether oxygens (including phenoxy) is 12. The van der Waals surface area contributed by atoms with Crippen LogP contribution in [-0.2, 0) is 56.8 Å². The number of benzene rings is 6. The Kier molecular flexibility index (Phi) is 18.0. The lowest BCUT2D eigenvalue weighted by molar-refractivity contribution is -0.333. The molecule has 0 saturated carbocycles. The Morgan fingerprint density at radius 3 is 0.829 bits per heavy atom. The second-order valence-corrected chi connectivity index (χ2v) is 17.4. The number of rotatable bonds is 14. The summed E-state index contributed by atoms with van der Waals surface area (Å²) in [5.41, 5.74) is 1.12. The quantitative estimate of drug-likeness (QED) is 0.0804. The van der Waals surface area contributed by atoms with Crippen LogP contribution in [-0.4, -0.2) is 137 Å². The van der Waals surface area contributed by atoms with E-state index in [9.17, 15) is 28.8 Å². The van der Waals surface area contributed by atoms with Crippen LogP contribution in [0.1, 0.15) is 62.1 Å². The van der Waals surface area contributed by atoms with Crippen molar-refractivity contribution < 1.29 is 85.6 Å². The third kappa shape index (κ3) is 13.4. The molecule has 18 heteroatoms. The Bertz CT molecular complexity index is 2660. The second kappa shape index (κ2) is 25.9. The van der Waals surface area contributed by atoms with Gasteiger partial charge < -0.3 is 56.8 Å². The van der Waals surface area contributed by atoms with E-state index in [1.165, 1.54) is 24.3 Å². The van der Waals surface area contributed by atoms with Crippen LogP contribution < -0.4 is 0 Å². The zero-order valence-electron chi connectivity index (χ0n) is 40.7. The van der Waals surface area contributed by atoms with Gasteiger partial charge in [0.25, 0.3) is 0 Å². The molecular formula is C58H52O18. The van der Waals surface area contributed by atoms with Crippen molar-refractivity contribution in [1.82, 2.24) is 0 Å². The smallest absolute Gasteiger partial charge is 0.338 e. The molecule has 0 aliphatic carbocycles. The van der Waals surface area contributed by atoms with Gasteiger partial charge in [0.05, 0.1) is 59.8 Å². The Morgan fingerprint density at radius 2 is 0.553 bits per heavy atom. The molecule has 0 radical (unpaired) electrons. The largest absolute Gasteiger partial charge is 0.459 e. The summed E-state index contributed by atoms with van der Waals surface area (Å²) in [5.74, 6) is -4.67. The monoisotopic (exact) mass is 1040 g/mol. The van der Waals surface area contributed by atoms with Gasteiger partial charge in [0.15, 0.2) is 37.0 Å². The highest BCUT2D eigenvalue weighted by Gasteiger charge is 2.55. The van der Waals surface area contributed by atoms with Crippen LogP contribution in [0.3, 0.4) is 0 Å². The van der Waals surface area contributed by atoms with Gasteiger partial charge in [0.2, 0.25) is 0 Å². The molecule has 392 valence electrons. The summed E-state index contributed by atoms with van der Waals surface area (Å²) < 4.78 is 74.8. The highest BCUT2D eigenvalue weighted by molar-refractivity contribution is 5.92. The zero-order chi connectivity index (χ0) is 52.6. The first-order chi connectivity index (χ1) is 37.2. The minimum Gasteiger partial charge on any atom is -0.459 e. The molecule has 3 aliphatic heterocycles. The molecule has 3 aliphatic rings. The molecule has 0 amide bonds. The first kappa shape index (κ1) is 52.8. The number of hydrogen-bond acceptors (Lipinski definition) is 18. The summed E-state index contributed by atoms with van der Waals surface area (Å²) in [6.45, 7) is -2.21. The molecule has 3 fully saturated rings. The van der Waals surface area contributed by atoms with Crippen molar-refractivity contribution in [3.05, 3.63) is 215 Å². The number of carbonyl (C=O) groups is 6. The van der Waals surface area contributed by atoms with Crippen LogP contribution >= 0.6 is 0 Å². The second-order valence-electron chi connectivity index (χ2n) is 17.4. The molecule has 9 rings (SSSR count). The van der Waals surface area contributed by atoms with Gasteiger partial charge >= 0.3 is 35.8 Å². The summed E-state index contributed by atoms with van der Waals surface area (Å²) in [7, 11) is 0. The Labute approximate surface area is 436 Å². The first-order valence-electron chi connectivity index (χ1n) is 24.5. The van der Waals surface area contributed by atoms with Crippen molar-refractivity contribution in [2.75, 3.05) is 39.6 Å². The lowest BCUT2D eigenvalue weighted by Gasteiger charge is -2.46. The van der Waals surface area contributed by atoms with Crippen LogP contribution in [0.4, 0.5) is 0 Å². The summed E-state index contributed by atoms with van der Waals surface area (Å²) >= 11 is 0. The molecule has 0 spiro atoms. The predicted octanol–water partition coefficient (Wildman–Crippen LogP) is 6.87. The SMILES string of the molecule is O=C(OC[C@H]1O[C@H]2OCCO[C@@H]3O[C@H](COC(=O)c4ccccc4)[C@@H](OC(=O)c4ccccc4)[C@H](OC(=O)c4ccccc4)[C@H]3OCCO[C@@H]2[C@@H](OC(=O)c2ccccc2)[C@@H]1OC(=O)c1ccccc1)c1ccccc1. The molecule has 3 saturated heterocycles. The fourth-order valence-electron chi connectivity index (χ4n) is 8.59. The summed E-state index contributed by atoms with van der Waals surface area (Å²) in [6, 6.07) is 48.8. The van der Waals surface area contributed by atoms with Crippen molar-refractivity contribution in [2.45, 2.75) is 61.4 Å². The van der Waals surface area contributed by atoms with Crippen molar-refractivity contribution in [2.24, 2.45) is 0 Å². The summed E-state index contributed by atoms with van der Waals surface area (Å²) in [6.07, 6.45) is -14.1. The number of hydrogen-bond donors (Lipinski definition) is 0. The average Bonchev–Trinajstić information content (AvgIpc) is 3.47. The average molecular weight is 1040 g/mol. The van der Waals surface area contributed by atoms with E-state index in [-0.39, 0.29) is 59.8 Å². The van der Waals surface area contributed by atoms with Gasteiger partial charge in [-0.05, 0) is 72.8 Å². The van der Waals surface area contributed by atoms with Gasteiger partial charge in [0.1, 0.15) is 37.6 Å². The Morgan fingerprint density at radius 1 is 0.316 bits per heavy atom. The molecule has 18 nitrogen and oxygen atoms in total. The standard InChI is InChI=1S/C58H52O18/c59-51(37-19-7-1-8-20-37)69-35-43-45(73-53(61)39-23-11-3-12-24-39)47(75-55(63)41-27-15-5-16-28-41)49-57(71-43)67-33-34-68-58-50(66-32-31-65-49)48(76-56(64)42-29-17-6-18-30-42)46(74-54(62)40-25-13-4-14-26-40)44(72-58)36-70-52(60)38-21-9-2-10-22-38/h1-30,43-50,57-58H,31-36H2/t43-,44-,45-,46-,47+,48+,49-,50-,57-,58-/m1/s1. The lowest BCUT2D eigenvalue weighted by Crippen LogP contribution is -2.64. The van der Waals surface area contributed by atoms with Gasteiger partial charge in [-0.2, -0.15) is 0 Å². The molecule has 10 atom stereocenters.